The third kappa shape index (κ3) is 5.70. The highest BCUT2D eigenvalue weighted by atomic mass is 16.2. The molecule has 5 nitrogen and oxygen atoms in total. The van der Waals surface area contributed by atoms with Crippen molar-refractivity contribution in [3.05, 3.63) is 0 Å². The van der Waals surface area contributed by atoms with E-state index in [1.54, 1.807) is 4.90 Å². The van der Waals surface area contributed by atoms with E-state index in [0.29, 0.717) is 13.1 Å². The summed E-state index contributed by atoms with van der Waals surface area (Å²) in [4.78, 5) is 24.6. The van der Waals surface area contributed by atoms with Crippen molar-refractivity contribution in [1.29, 1.82) is 0 Å². The maximum absolute atomic E-state index is 11.5. The van der Waals surface area contributed by atoms with E-state index in [1.165, 1.54) is 0 Å². The first-order valence-electron chi connectivity index (χ1n) is 5.85. The maximum atomic E-state index is 11.5. The zero-order valence-corrected chi connectivity index (χ0v) is 10.5. The molecule has 3 N–H and O–H groups in total. The minimum atomic E-state index is -0.158. The van der Waals surface area contributed by atoms with Gasteiger partial charge in [-0.05, 0) is 20.3 Å². The van der Waals surface area contributed by atoms with Crippen LogP contribution in [0.15, 0.2) is 0 Å². The van der Waals surface area contributed by atoms with Gasteiger partial charge in [0.15, 0.2) is 0 Å². The van der Waals surface area contributed by atoms with Gasteiger partial charge in [0, 0.05) is 25.6 Å². The number of hydrogen-bond donors (Lipinski definition) is 2. The smallest absolute Gasteiger partial charge is 0.241 e. The van der Waals surface area contributed by atoms with Crippen molar-refractivity contribution in [3.63, 3.8) is 0 Å². The lowest BCUT2D eigenvalue weighted by atomic mass is 10.1. The molecule has 0 radical (unpaired) electrons. The molecule has 1 atom stereocenters. The average Bonchev–Trinajstić information content (AvgIpc) is 2.27. The van der Waals surface area contributed by atoms with Gasteiger partial charge in [-0.15, -0.1) is 0 Å². The van der Waals surface area contributed by atoms with E-state index in [-0.39, 0.29) is 30.8 Å². The second kappa shape index (κ2) is 8.10. The van der Waals surface area contributed by atoms with Crippen LogP contribution in [0.5, 0.6) is 0 Å². The van der Waals surface area contributed by atoms with Gasteiger partial charge in [-0.25, -0.2) is 0 Å². The number of rotatable bonds is 7. The predicted molar refractivity (Wildman–Crippen MR) is 63.8 cm³/mol. The van der Waals surface area contributed by atoms with Gasteiger partial charge < -0.3 is 16.0 Å². The van der Waals surface area contributed by atoms with Crippen molar-refractivity contribution < 1.29 is 9.59 Å². The summed E-state index contributed by atoms with van der Waals surface area (Å²) in [6.45, 7) is 7.15. The Morgan fingerprint density at radius 1 is 1.25 bits per heavy atom. The normalized spacial score (nSPS) is 12.0. The first kappa shape index (κ1) is 14.9. The molecule has 0 bridgehead atoms. The molecule has 0 aromatic rings. The lowest BCUT2D eigenvalue weighted by Crippen LogP contribution is -2.41. The van der Waals surface area contributed by atoms with E-state index in [1.807, 2.05) is 20.8 Å². The van der Waals surface area contributed by atoms with Crippen LogP contribution in [0.3, 0.4) is 0 Å². The first-order valence-corrected chi connectivity index (χ1v) is 5.85. The maximum Gasteiger partial charge on any atom is 0.241 e. The molecule has 0 aliphatic carbocycles. The number of likely N-dealkylation sites (N-methyl/N-ethyl adjacent to an activating group) is 1. The quantitative estimate of drug-likeness (QED) is 0.650. The molecule has 0 aliphatic rings. The summed E-state index contributed by atoms with van der Waals surface area (Å²) in [5.74, 6) is -0.210. The van der Waals surface area contributed by atoms with Gasteiger partial charge >= 0.3 is 0 Å². The lowest BCUT2D eigenvalue weighted by Gasteiger charge is -2.19. The van der Waals surface area contributed by atoms with Gasteiger partial charge in [0.25, 0.3) is 0 Å². The summed E-state index contributed by atoms with van der Waals surface area (Å²) in [7, 11) is 0. The van der Waals surface area contributed by atoms with E-state index in [0.717, 1.165) is 6.42 Å². The molecule has 0 spiro atoms. The van der Waals surface area contributed by atoms with E-state index in [4.69, 9.17) is 5.73 Å². The minimum absolute atomic E-state index is 0.0524. The molecule has 0 aromatic heterocycles. The van der Waals surface area contributed by atoms with Crippen molar-refractivity contribution >= 4 is 11.8 Å². The molecular weight excluding hydrogens is 206 g/mol. The van der Waals surface area contributed by atoms with Crippen LogP contribution in [0.1, 0.15) is 33.6 Å². The predicted octanol–water partition coefficient (Wildman–Crippen LogP) is 0.0984. The van der Waals surface area contributed by atoms with E-state index >= 15 is 0 Å². The second-order valence-electron chi connectivity index (χ2n) is 3.72. The SMILES string of the molecule is CCC(N)CC(=O)NCC(=O)N(CC)CC. The van der Waals surface area contributed by atoms with Gasteiger partial charge in [-0.2, -0.15) is 0 Å². The van der Waals surface area contributed by atoms with Crippen LogP contribution in [0.4, 0.5) is 0 Å². The van der Waals surface area contributed by atoms with Crippen molar-refractivity contribution in [3.8, 4) is 0 Å². The van der Waals surface area contributed by atoms with Crippen LogP contribution < -0.4 is 11.1 Å². The molecule has 0 rings (SSSR count). The van der Waals surface area contributed by atoms with Crippen LogP contribution in [-0.4, -0.2) is 42.4 Å². The van der Waals surface area contributed by atoms with Gasteiger partial charge in [-0.3, -0.25) is 9.59 Å². The molecule has 0 saturated heterocycles. The standard InChI is InChI=1S/C11H23N3O2/c1-4-9(12)7-10(15)13-8-11(16)14(5-2)6-3/h9H,4-8,12H2,1-3H3,(H,13,15). The fourth-order valence-corrected chi connectivity index (χ4v) is 1.32. The Bertz CT molecular complexity index is 227. The molecule has 0 aliphatic heterocycles. The van der Waals surface area contributed by atoms with Crippen LogP contribution in [0.25, 0.3) is 0 Å². The number of carbonyl (C=O) groups excluding carboxylic acids is 2. The van der Waals surface area contributed by atoms with Crippen LogP contribution in [0, 0.1) is 0 Å². The highest BCUT2D eigenvalue weighted by molar-refractivity contribution is 5.84. The Labute approximate surface area is 97.4 Å². The lowest BCUT2D eigenvalue weighted by molar-refractivity contribution is -0.132. The third-order valence-corrected chi connectivity index (χ3v) is 2.52. The molecule has 94 valence electrons. The molecule has 1 unspecified atom stereocenters. The monoisotopic (exact) mass is 229 g/mol. The molecular formula is C11H23N3O2. The summed E-state index contributed by atoms with van der Waals surface area (Å²) in [5, 5.41) is 2.59. The zero-order chi connectivity index (χ0) is 12.6. The van der Waals surface area contributed by atoms with Crippen molar-refractivity contribution in [2.45, 2.75) is 39.7 Å². The van der Waals surface area contributed by atoms with Gasteiger partial charge in [0.05, 0.1) is 6.54 Å². The van der Waals surface area contributed by atoms with Crippen molar-refractivity contribution in [1.82, 2.24) is 10.2 Å². The molecule has 5 heteroatoms. The van der Waals surface area contributed by atoms with Crippen LogP contribution in [0.2, 0.25) is 0 Å². The Kier molecular flexibility index (Phi) is 7.54. The summed E-state index contributed by atoms with van der Waals surface area (Å²) in [6, 6.07) is -0.122. The topological polar surface area (TPSA) is 75.4 Å². The summed E-state index contributed by atoms with van der Waals surface area (Å²) < 4.78 is 0. The molecule has 2 amide bonds. The number of nitrogens with one attached hydrogen (secondary N) is 1. The van der Waals surface area contributed by atoms with Crippen molar-refractivity contribution in [2.75, 3.05) is 19.6 Å². The fraction of sp³-hybridized carbons (Fsp3) is 0.818. The zero-order valence-electron chi connectivity index (χ0n) is 10.5. The summed E-state index contributed by atoms with van der Waals surface area (Å²) >= 11 is 0. The van der Waals surface area contributed by atoms with Gasteiger partial charge in [0.1, 0.15) is 0 Å². The number of hydrogen-bond acceptors (Lipinski definition) is 3. The summed E-state index contributed by atoms with van der Waals surface area (Å²) in [6.07, 6.45) is 1.04. The number of carbonyl (C=O) groups is 2. The highest BCUT2D eigenvalue weighted by Crippen LogP contribution is 1.93. The fourth-order valence-electron chi connectivity index (χ4n) is 1.32. The van der Waals surface area contributed by atoms with E-state index in [9.17, 15) is 9.59 Å². The van der Waals surface area contributed by atoms with Gasteiger partial charge in [0.2, 0.25) is 11.8 Å². The average molecular weight is 229 g/mol. The molecule has 0 aromatic carbocycles. The van der Waals surface area contributed by atoms with Crippen LogP contribution in [-0.2, 0) is 9.59 Å². The Morgan fingerprint density at radius 2 is 1.81 bits per heavy atom. The first-order chi connectivity index (χ1) is 7.54. The van der Waals surface area contributed by atoms with E-state index < -0.39 is 0 Å². The molecule has 0 fully saturated rings. The Hall–Kier alpha value is -1.10. The number of amides is 2. The number of nitrogens with two attached hydrogens (primary N) is 1. The third-order valence-electron chi connectivity index (χ3n) is 2.52. The summed E-state index contributed by atoms with van der Waals surface area (Å²) in [5.41, 5.74) is 5.64. The highest BCUT2D eigenvalue weighted by Gasteiger charge is 2.12. The van der Waals surface area contributed by atoms with Crippen molar-refractivity contribution in [2.24, 2.45) is 5.73 Å². The van der Waals surface area contributed by atoms with Crippen LogP contribution >= 0.6 is 0 Å². The minimum Gasteiger partial charge on any atom is -0.347 e. The van der Waals surface area contributed by atoms with E-state index in [2.05, 4.69) is 5.32 Å². The largest absolute Gasteiger partial charge is 0.347 e. The molecule has 16 heavy (non-hydrogen) atoms. The molecule has 0 heterocycles. The second-order valence-corrected chi connectivity index (χ2v) is 3.72. The van der Waals surface area contributed by atoms with Gasteiger partial charge in [-0.1, -0.05) is 6.92 Å². The number of nitrogens with zero attached hydrogens (tertiary/aromatic N) is 1. The Balaban J connectivity index is 3.87. The Morgan fingerprint density at radius 3 is 2.25 bits per heavy atom. The molecule has 0 saturated carbocycles.